The summed E-state index contributed by atoms with van der Waals surface area (Å²) in [5.41, 5.74) is 2.25. The summed E-state index contributed by atoms with van der Waals surface area (Å²) in [6.45, 7) is 7.66. The molecular formula is C18H28N2O4. The third kappa shape index (κ3) is 4.85. The van der Waals surface area contributed by atoms with Crippen LogP contribution in [0, 0.1) is 0 Å². The Hall–Kier alpha value is -1.79. The van der Waals surface area contributed by atoms with E-state index in [1.165, 1.54) is 0 Å². The maximum Gasteiger partial charge on any atom is 0.219 e. The van der Waals surface area contributed by atoms with E-state index >= 15 is 0 Å². The quantitative estimate of drug-likeness (QED) is 0.786. The van der Waals surface area contributed by atoms with E-state index in [0.717, 1.165) is 24.1 Å². The Bertz CT molecular complexity index is 574. The predicted octanol–water partition coefficient (Wildman–Crippen LogP) is 1.34. The molecule has 1 heterocycles. The number of hydrogen-bond acceptors (Lipinski definition) is 5. The van der Waals surface area contributed by atoms with Crippen molar-refractivity contribution in [2.45, 2.75) is 45.9 Å². The summed E-state index contributed by atoms with van der Waals surface area (Å²) >= 11 is 0. The number of fused-ring (bicyclic) bond motifs is 1. The van der Waals surface area contributed by atoms with Crippen LogP contribution in [0.15, 0.2) is 12.1 Å². The zero-order valence-electron chi connectivity index (χ0n) is 15.0. The number of carbonyl (C=O) groups excluding carboxylic acids is 1. The highest BCUT2D eigenvalue weighted by Gasteiger charge is 2.21. The smallest absolute Gasteiger partial charge is 0.219 e. The van der Waals surface area contributed by atoms with Gasteiger partial charge in [0.1, 0.15) is 12.7 Å². The Kier molecular flexibility index (Phi) is 6.45. The second-order valence-electron chi connectivity index (χ2n) is 6.49. The third-order valence-corrected chi connectivity index (χ3v) is 4.14. The molecule has 0 saturated heterocycles. The van der Waals surface area contributed by atoms with E-state index in [0.29, 0.717) is 30.6 Å². The molecule has 134 valence electrons. The molecule has 6 heteroatoms. The minimum atomic E-state index is -0.582. The van der Waals surface area contributed by atoms with E-state index < -0.39 is 6.10 Å². The maximum absolute atomic E-state index is 11.6. The number of amides is 1. The van der Waals surface area contributed by atoms with Gasteiger partial charge in [-0.05, 0) is 29.7 Å². The van der Waals surface area contributed by atoms with E-state index in [9.17, 15) is 9.90 Å². The van der Waals surface area contributed by atoms with Crippen molar-refractivity contribution in [1.29, 1.82) is 0 Å². The molecule has 1 aliphatic rings. The highest BCUT2D eigenvalue weighted by Crippen LogP contribution is 2.33. The van der Waals surface area contributed by atoms with Gasteiger partial charge in [-0.1, -0.05) is 13.8 Å². The van der Waals surface area contributed by atoms with Crippen LogP contribution in [-0.2, 0) is 17.8 Å². The lowest BCUT2D eigenvalue weighted by Crippen LogP contribution is -2.35. The summed E-state index contributed by atoms with van der Waals surface area (Å²) in [7, 11) is 1.59. The summed E-state index contributed by atoms with van der Waals surface area (Å²) in [5, 5.41) is 13.2. The molecule has 0 aliphatic carbocycles. The molecule has 0 aromatic heterocycles. The van der Waals surface area contributed by atoms with Gasteiger partial charge in [-0.2, -0.15) is 0 Å². The van der Waals surface area contributed by atoms with Crippen LogP contribution < -0.4 is 14.8 Å². The average molecular weight is 336 g/mol. The first-order chi connectivity index (χ1) is 11.4. The van der Waals surface area contributed by atoms with Gasteiger partial charge in [0.2, 0.25) is 5.91 Å². The number of nitrogens with zero attached hydrogens (tertiary/aromatic N) is 1. The summed E-state index contributed by atoms with van der Waals surface area (Å²) in [5.74, 6) is 1.35. The lowest BCUT2D eigenvalue weighted by atomic mass is 9.99. The fourth-order valence-electron chi connectivity index (χ4n) is 2.72. The molecule has 2 rings (SSSR count). The molecule has 1 amide bonds. The molecule has 24 heavy (non-hydrogen) atoms. The van der Waals surface area contributed by atoms with E-state index in [1.807, 2.05) is 30.9 Å². The van der Waals surface area contributed by atoms with Gasteiger partial charge in [-0.25, -0.2) is 0 Å². The van der Waals surface area contributed by atoms with Crippen LogP contribution in [0.4, 0.5) is 0 Å². The van der Waals surface area contributed by atoms with Crippen LogP contribution in [0.5, 0.6) is 11.5 Å². The first-order valence-electron chi connectivity index (χ1n) is 8.40. The summed E-state index contributed by atoms with van der Waals surface area (Å²) in [4.78, 5) is 13.4. The molecule has 1 atom stereocenters. The molecule has 0 bridgehead atoms. The van der Waals surface area contributed by atoms with E-state index in [1.54, 1.807) is 14.0 Å². The van der Waals surface area contributed by atoms with Gasteiger partial charge in [-0.15, -0.1) is 0 Å². The Labute approximate surface area is 143 Å². The monoisotopic (exact) mass is 336 g/mol. The standard InChI is InChI=1S/C18H28N2O4/c1-12(2)19-9-16(22)11-24-18-7-14-5-6-20(13(3)21)10-15(14)8-17(18)23-4/h7-8,12,16,19,22H,5-6,9-11H2,1-4H3. The number of nitrogens with one attached hydrogen (secondary N) is 1. The van der Waals surface area contributed by atoms with E-state index in [-0.39, 0.29) is 12.5 Å². The molecular weight excluding hydrogens is 308 g/mol. The van der Waals surface area contributed by atoms with Gasteiger partial charge in [-0.3, -0.25) is 4.79 Å². The van der Waals surface area contributed by atoms with Crippen molar-refractivity contribution in [2.24, 2.45) is 0 Å². The average Bonchev–Trinajstić information content (AvgIpc) is 2.56. The highest BCUT2D eigenvalue weighted by atomic mass is 16.5. The number of benzene rings is 1. The van der Waals surface area contributed by atoms with Crippen LogP contribution in [0.1, 0.15) is 31.9 Å². The van der Waals surface area contributed by atoms with Crippen LogP contribution >= 0.6 is 0 Å². The van der Waals surface area contributed by atoms with Crippen LogP contribution in [0.2, 0.25) is 0 Å². The number of hydrogen-bond donors (Lipinski definition) is 2. The van der Waals surface area contributed by atoms with Gasteiger partial charge in [0.25, 0.3) is 0 Å². The van der Waals surface area contributed by atoms with Gasteiger partial charge >= 0.3 is 0 Å². The van der Waals surface area contributed by atoms with Crippen LogP contribution in [0.3, 0.4) is 0 Å². The van der Waals surface area contributed by atoms with E-state index in [2.05, 4.69) is 5.32 Å². The Morgan fingerprint density at radius 1 is 1.33 bits per heavy atom. The maximum atomic E-state index is 11.6. The lowest BCUT2D eigenvalue weighted by molar-refractivity contribution is -0.129. The molecule has 1 unspecified atom stereocenters. The summed E-state index contributed by atoms with van der Waals surface area (Å²) < 4.78 is 11.2. The normalized spacial score (nSPS) is 15.2. The first-order valence-corrected chi connectivity index (χ1v) is 8.40. The van der Waals surface area contributed by atoms with Crippen molar-refractivity contribution in [3.05, 3.63) is 23.3 Å². The number of rotatable bonds is 7. The van der Waals surface area contributed by atoms with E-state index in [4.69, 9.17) is 9.47 Å². The largest absolute Gasteiger partial charge is 0.493 e. The Morgan fingerprint density at radius 2 is 2.04 bits per heavy atom. The van der Waals surface area contributed by atoms with Gasteiger partial charge in [0, 0.05) is 32.6 Å². The molecule has 1 aliphatic heterocycles. The predicted molar refractivity (Wildman–Crippen MR) is 92.4 cm³/mol. The number of carbonyl (C=O) groups is 1. The minimum absolute atomic E-state index is 0.0840. The number of aliphatic hydroxyl groups excluding tert-OH is 1. The number of ether oxygens (including phenoxy) is 2. The second kappa shape index (κ2) is 8.35. The number of aliphatic hydroxyl groups is 1. The molecule has 0 spiro atoms. The van der Waals surface area contributed by atoms with Gasteiger partial charge in [0.05, 0.1) is 7.11 Å². The van der Waals surface area contributed by atoms with Crippen molar-refractivity contribution in [3.63, 3.8) is 0 Å². The molecule has 1 aromatic rings. The molecule has 6 nitrogen and oxygen atoms in total. The Balaban J connectivity index is 2.04. The lowest BCUT2D eigenvalue weighted by Gasteiger charge is -2.29. The minimum Gasteiger partial charge on any atom is -0.493 e. The molecule has 2 N–H and O–H groups in total. The fraction of sp³-hybridized carbons (Fsp3) is 0.611. The van der Waals surface area contributed by atoms with Crippen molar-refractivity contribution in [1.82, 2.24) is 10.2 Å². The molecule has 1 aromatic carbocycles. The fourth-order valence-corrected chi connectivity index (χ4v) is 2.72. The van der Waals surface area contributed by atoms with Crippen molar-refractivity contribution in [2.75, 3.05) is 26.8 Å². The topological polar surface area (TPSA) is 71.0 Å². The summed E-state index contributed by atoms with van der Waals surface area (Å²) in [6.07, 6.45) is 0.216. The zero-order chi connectivity index (χ0) is 17.7. The molecule has 0 saturated carbocycles. The zero-order valence-corrected chi connectivity index (χ0v) is 15.0. The van der Waals surface area contributed by atoms with Crippen molar-refractivity contribution >= 4 is 5.91 Å². The van der Waals surface area contributed by atoms with Crippen molar-refractivity contribution in [3.8, 4) is 11.5 Å². The summed E-state index contributed by atoms with van der Waals surface area (Å²) in [6, 6.07) is 4.22. The SMILES string of the molecule is COc1cc2c(cc1OCC(O)CNC(C)C)CCN(C(C)=O)C2. The highest BCUT2D eigenvalue weighted by molar-refractivity contribution is 5.73. The first kappa shape index (κ1) is 18.5. The third-order valence-electron chi connectivity index (χ3n) is 4.14. The second-order valence-corrected chi connectivity index (χ2v) is 6.49. The van der Waals surface area contributed by atoms with Crippen LogP contribution in [0.25, 0.3) is 0 Å². The van der Waals surface area contributed by atoms with Crippen LogP contribution in [-0.4, -0.2) is 54.9 Å². The Morgan fingerprint density at radius 3 is 2.67 bits per heavy atom. The molecule has 0 fully saturated rings. The van der Waals surface area contributed by atoms with Gasteiger partial charge < -0.3 is 24.8 Å². The van der Waals surface area contributed by atoms with Gasteiger partial charge in [0.15, 0.2) is 11.5 Å². The molecule has 0 radical (unpaired) electrons. The van der Waals surface area contributed by atoms with Crippen molar-refractivity contribution < 1.29 is 19.4 Å². The number of methoxy groups -OCH3 is 1.